The van der Waals surface area contributed by atoms with Crippen LogP contribution in [0, 0.1) is 17.8 Å². The summed E-state index contributed by atoms with van der Waals surface area (Å²) in [6, 6.07) is 7.55. The van der Waals surface area contributed by atoms with Gasteiger partial charge in [-0.3, -0.25) is 0 Å². The van der Waals surface area contributed by atoms with Crippen LogP contribution in [0.1, 0.15) is 25.0 Å². The second-order valence-corrected chi connectivity index (χ2v) is 7.26. The molecular weight excluding hydrogens is 272 g/mol. The van der Waals surface area contributed by atoms with Crippen molar-refractivity contribution in [1.29, 1.82) is 0 Å². The van der Waals surface area contributed by atoms with Gasteiger partial charge in [-0.2, -0.15) is 0 Å². The molecular formula is C15H22N2O2S. The highest BCUT2D eigenvalue weighted by Crippen LogP contribution is 2.11. The van der Waals surface area contributed by atoms with Crippen LogP contribution < -0.4 is 5.73 Å². The SMILES string of the molecule is CC(C)CS(=O)(=O)N(C)Cc1cccc(C#CCN)c1. The fourth-order valence-corrected chi connectivity index (χ4v) is 3.25. The lowest BCUT2D eigenvalue weighted by Gasteiger charge is -2.18. The van der Waals surface area contributed by atoms with Crippen molar-refractivity contribution in [3.05, 3.63) is 35.4 Å². The molecule has 20 heavy (non-hydrogen) atoms. The Hall–Kier alpha value is -1.35. The molecule has 0 spiro atoms. The largest absolute Gasteiger partial charge is 0.320 e. The van der Waals surface area contributed by atoms with Crippen LogP contribution in [-0.4, -0.2) is 32.1 Å². The molecule has 2 N–H and O–H groups in total. The highest BCUT2D eigenvalue weighted by molar-refractivity contribution is 7.89. The van der Waals surface area contributed by atoms with Gasteiger partial charge in [-0.15, -0.1) is 0 Å². The van der Waals surface area contributed by atoms with E-state index in [-0.39, 0.29) is 11.7 Å². The molecule has 5 heteroatoms. The number of benzene rings is 1. The zero-order chi connectivity index (χ0) is 15.2. The topological polar surface area (TPSA) is 63.4 Å². The zero-order valence-electron chi connectivity index (χ0n) is 12.3. The van der Waals surface area contributed by atoms with Gasteiger partial charge in [0.05, 0.1) is 12.3 Å². The predicted octanol–water partition coefficient (Wildman–Crippen LogP) is 1.41. The van der Waals surface area contributed by atoms with Crippen LogP contribution in [-0.2, 0) is 16.6 Å². The summed E-state index contributed by atoms with van der Waals surface area (Å²) < 4.78 is 25.6. The van der Waals surface area contributed by atoms with Gasteiger partial charge in [0.1, 0.15) is 0 Å². The van der Waals surface area contributed by atoms with Crippen LogP contribution in [0.25, 0.3) is 0 Å². The lowest BCUT2D eigenvalue weighted by molar-refractivity contribution is 0.460. The number of sulfonamides is 1. The van der Waals surface area contributed by atoms with Gasteiger partial charge >= 0.3 is 0 Å². The Bertz CT molecular complexity index is 598. The third kappa shape index (κ3) is 5.33. The molecule has 0 bridgehead atoms. The van der Waals surface area contributed by atoms with Crippen LogP contribution in [0.3, 0.4) is 0 Å². The zero-order valence-corrected chi connectivity index (χ0v) is 13.1. The van der Waals surface area contributed by atoms with Gasteiger partial charge in [-0.1, -0.05) is 37.8 Å². The van der Waals surface area contributed by atoms with Crippen molar-refractivity contribution in [2.45, 2.75) is 20.4 Å². The molecule has 0 unspecified atom stereocenters. The summed E-state index contributed by atoms with van der Waals surface area (Å²) in [6.45, 7) is 4.46. The Morgan fingerprint density at radius 2 is 2.05 bits per heavy atom. The van der Waals surface area contributed by atoms with Crippen LogP contribution in [0.5, 0.6) is 0 Å². The molecule has 0 atom stereocenters. The van der Waals surface area contributed by atoms with Crippen LogP contribution >= 0.6 is 0 Å². The van der Waals surface area contributed by atoms with Crippen molar-refractivity contribution in [2.75, 3.05) is 19.3 Å². The maximum atomic E-state index is 12.1. The molecule has 1 aromatic rings. The van der Waals surface area contributed by atoms with Crippen molar-refractivity contribution >= 4 is 10.0 Å². The van der Waals surface area contributed by atoms with Crippen molar-refractivity contribution in [1.82, 2.24) is 4.31 Å². The van der Waals surface area contributed by atoms with Crippen LogP contribution in [0.2, 0.25) is 0 Å². The lowest BCUT2D eigenvalue weighted by Crippen LogP contribution is -2.30. The summed E-state index contributed by atoms with van der Waals surface area (Å²) in [4.78, 5) is 0. The molecule has 4 nitrogen and oxygen atoms in total. The first kappa shape index (κ1) is 16.7. The fourth-order valence-electron chi connectivity index (χ4n) is 1.80. The van der Waals surface area contributed by atoms with Gasteiger partial charge < -0.3 is 5.73 Å². The summed E-state index contributed by atoms with van der Waals surface area (Å²) in [6.07, 6.45) is 0. The van der Waals surface area contributed by atoms with E-state index in [2.05, 4.69) is 11.8 Å². The normalized spacial score (nSPS) is 11.5. The average molecular weight is 294 g/mol. The van der Waals surface area contributed by atoms with Gasteiger partial charge in [0, 0.05) is 19.2 Å². The molecule has 110 valence electrons. The Morgan fingerprint density at radius 1 is 1.35 bits per heavy atom. The van der Waals surface area contributed by atoms with E-state index in [0.29, 0.717) is 13.1 Å². The van der Waals surface area contributed by atoms with Gasteiger partial charge in [0.15, 0.2) is 0 Å². The van der Waals surface area contributed by atoms with E-state index in [0.717, 1.165) is 11.1 Å². The van der Waals surface area contributed by atoms with Crippen LogP contribution in [0.15, 0.2) is 24.3 Å². The lowest BCUT2D eigenvalue weighted by atomic mass is 10.1. The maximum absolute atomic E-state index is 12.1. The monoisotopic (exact) mass is 294 g/mol. The van der Waals surface area contributed by atoms with Crippen molar-refractivity contribution in [3.63, 3.8) is 0 Å². The Kier molecular flexibility index (Phi) is 6.21. The van der Waals surface area contributed by atoms with E-state index >= 15 is 0 Å². The maximum Gasteiger partial charge on any atom is 0.214 e. The Morgan fingerprint density at radius 3 is 2.65 bits per heavy atom. The van der Waals surface area contributed by atoms with Gasteiger partial charge in [-0.05, 0) is 23.6 Å². The second kappa shape index (κ2) is 7.44. The third-order valence-corrected chi connectivity index (χ3v) is 4.85. The summed E-state index contributed by atoms with van der Waals surface area (Å²) in [7, 11) is -1.60. The summed E-state index contributed by atoms with van der Waals surface area (Å²) >= 11 is 0. The molecule has 0 aliphatic rings. The fraction of sp³-hybridized carbons (Fsp3) is 0.467. The summed E-state index contributed by atoms with van der Waals surface area (Å²) in [5, 5.41) is 0. The van der Waals surface area contributed by atoms with Gasteiger partial charge in [0.25, 0.3) is 0 Å². The Balaban J connectivity index is 2.83. The van der Waals surface area contributed by atoms with Gasteiger partial charge in [0.2, 0.25) is 10.0 Å². The summed E-state index contributed by atoms with van der Waals surface area (Å²) in [5.41, 5.74) is 7.11. The molecule has 0 aromatic heterocycles. The summed E-state index contributed by atoms with van der Waals surface area (Å²) in [5.74, 6) is 6.01. The second-order valence-electron chi connectivity index (χ2n) is 5.13. The minimum atomic E-state index is -3.21. The smallest absolute Gasteiger partial charge is 0.214 e. The molecule has 0 saturated heterocycles. The molecule has 1 aromatic carbocycles. The first-order valence-electron chi connectivity index (χ1n) is 6.57. The van der Waals surface area contributed by atoms with E-state index in [1.165, 1.54) is 4.31 Å². The predicted molar refractivity (Wildman–Crippen MR) is 82.5 cm³/mol. The van der Waals surface area contributed by atoms with E-state index in [9.17, 15) is 8.42 Å². The third-order valence-electron chi connectivity index (χ3n) is 2.69. The quantitative estimate of drug-likeness (QED) is 0.835. The molecule has 0 amide bonds. The average Bonchev–Trinajstić information content (AvgIpc) is 2.35. The number of nitrogens with zero attached hydrogens (tertiary/aromatic N) is 1. The van der Waals surface area contributed by atoms with Gasteiger partial charge in [-0.25, -0.2) is 12.7 Å². The molecule has 0 heterocycles. The molecule has 0 aliphatic heterocycles. The molecule has 0 saturated carbocycles. The van der Waals surface area contributed by atoms with E-state index < -0.39 is 10.0 Å². The van der Waals surface area contributed by atoms with Crippen molar-refractivity contribution in [2.24, 2.45) is 11.7 Å². The van der Waals surface area contributed by atoms with E-state index in [1.807, 2.05) is 38.1 Å². The standard InChI is InChI=1S/C15H22N2O2S/c1-13(2)12-20(18,19)17(3)11-15-7-4-6-14(10-15)8-5-9-16/h4,6-7,10,13H,9,11-12,16H2,1-3H3. The number of hydrogen-bond acceptors (Lipinski definition) is 3. The first-order chi connectivity index (χ1) is 9.35. The molecule has 0 fully saturated rings. The number of rotatable bonds is 5. The Labute approximate surface area is 122 Å². The number of nitrogens with two attached hydrogens (primary N) is 1. The minimum absolute atomic E-state index is 0.115. The van der Waals surface area contributed by atoms with E-state index in [1.54, 1.807) is 7.05 Å². The van der Waals surface area contributed by atoms with Crippen molar-refractivity contribution in [3.8, 4) is 11.8 Å². The van der Waals surface area contributed by atoms with E-state index in [4.69, 9.17) is 5.73 Å². The molecule has 0 radical (unpaired) electrons. The minimum Gasteiger partial charge on any atom is -0.320 e. The molecule has 0 aliphatic carbocycles. The highest BCUT2D eigenvalue weighted by Gasteiger charge is 2.19. The number of hydrogen-bond donors (Lipinski definition) is 1. The first-order valence-corrected chi connectivity index (χ1v) is 8.18. The highest BCUT2D eigenvalue weighted by atomic mass is 32.2. The van der Waals surface area contributed by atoms with Crippen molar-refractivity contribution < 1.29 is 8.42 Å². The molecule has 1 rings (SSSR count). The van der Waals surface area contributed by atoms with Crippen LogP contribution in [0.4, 0.5) is 0 Å².